The molecular formula is C18H25N5O2S. The molecule has 0 spiro atoms. The second kappa shape index (κ2) is 8.44. The van der Waals surface area contributed by atoms with Crippen LogP contribution in [0.2, 0.25) is 0 Å². The SMILES string of the molecule is CN(C)C(=O)CCC(=O)N1CCC[C@H](c2nccn2Cc2cscn2)C1. The molecule has 3 heterocycles. The summed E-state index contributed by atoms with van der Waals surface area (Å²) in [6.07, 6.45) is 6.32. The van der Waals surface area contributed by atoms with Gasteiger partial charge >= 0.3 is 0 Å². The van der Waals surface area contributed by atoms with E-state index in [1.54, 1.807) is 25.4 Å². The lowest BCUT2D eigenvalue weighted by atomic mass is 9.96. The van der Waals surface area contributed by atoms with Gasteiger partial charge in [0.05, 0.1) is 17.7 Å². The van der Waals surface area contributed by atoms with E-state index in [0.29, 0.717) is 13.1 Å². The number of rotatable bonds is 6. The third kappa shape index (κ3) is 4.49. The quantitative estimate of drug-likeness (QED) is 0.774. The van der Waals surface area contributed by atoms with Crippen molar-refractivity contribution >= 4 is 23.2 Å². The average Bonchev–Trinajstić information content (AvgIpc) is 3.31. The highest BCUT2D eigenvalue weighted by molar-refractivity contribution is 7.07. The molecule has 0 aromatic carbocycles. The van der Waals surface area contributed by atoms with Crippen LogP contribution in [0.5, 0.6) is 0 Å². The first-order valence-electron chi connectivity index (χ1n) is 8.90. The van der Waals surface area contributed by atoms with Crippen LogP contribution in [0, 0.1) is 0 Å². The van der Waals surface area contributed by atoms with Crippen molar-refractivity contribution in [3.05, 3.63) is 34.8 Å². The summed E-state index contributed by atoms with van der Waals surface area (Å²) in [5.74, 6) is 1.29. The molecular weight excluding hydrogens is 350 g/mol. The molecule has 0 aliphatic carbocycles. The van der Waals surface area contributed by atoms with Gasteiger partial charge in [-0.2, -0.15) is 0 Å². The van der Waals surface area contributed by atoms with E-state index in [1.165, 1.54) is 4.90 Å². The van der Waals surface area contributed by atoms with Crippen LogP contribution in [0.25, 0.3) is 0 Å². The van der Waals surface area contributed by atoms with Crippen LogP contribution in [0.3, 0.4) is 0 Å². The fourth-order valence-corrected chi connectivity index (χ4v) is 3.86. The van der Waals surface area contributed by atoms with Gasteiger partial charge < -0.3 is 14.4 Å². The van der Waals surface area contributed by atoms with Crippen molar-refractivity contribution in [1.29, 1.82) is 0 Å². The Labute approximate surface area is 157 Å². The number of likely N-dealkylation sites (tertiary alicyclic amines) is 1. The third-order valence-corrected chi connectivity index (χ3v) is 5.39. The average molecular weight is 375 g/mol. The minimum atomic E-state index is -0.00860. The Hall–Kier alpha value is -2.22. The summed E-state index contributed by atoms with van der Waals surface area (Å²) in [4.78, 5) is 36.5. The maximum absolute atomic E-state index is 12.5. The molecule has 2 aromatic heterocycles. The number of aromatic nitrogens is 3. The van der Waals surface area contributed by atoms with Crippen LogP contribution in [0.1, 0.15) is 43.1 Å². The molecule has 1 fully saturated rings. The van der Waals surface area contributed by atoms with E-state index in [9.17, 15) is 9.59 Å². The molecule has 7 nitrogen and oxygen atoms in total. The molecule has 8 heteroatoms. The largest absolute Gasteiger partial charge is 0.349 e. The normalized spacial score (nSPS) is 17.3. The Morgan fingerprint density at radius 3 is 2.88 bits per heavy atom. The second-order valence-electron chi connectivity index (χ2n) is 6.86. The molecule has 2 aromatic rings. The maximum atomic E-state index is 12.5. The van der Waals surface area contributed by atoms with E-state index in [-0.39, 0.29) is 30.6 Å². The van der Waals surface area contributed by atoms with Gasteiger partial charge in [-0.1, -0.05) is 0 Å². The van der Waals surface area contributed by atoms with Crippen LogP contribution >= 0.6 is 11.3 Å². The molecule has 26 heavy (non-hydrogen) atoms. The topological polar surface area (TPSA) is 71.3 Å². The Morgan fingerprint density at radius 2 is 2.15 bits per heavy atom. The molecule has 1 saturated heterocycles. The van der Waals surface area contributed by atoms with E-state index in [2.05, 4.69) is 14.5 Å². The Kier molecular flexibility index (Phi) is 6.03. The minimum Gasteiger partial charge on any atom is -0.349 e. The highest BCUT2D eigenvalue weighted by atomic mass is 32.1. The molecule has 1 aliphatic rings. The Morgan fingerprint density at radius 1 is 1.31 bits per heavy atom. The van der Waals surface area contributed by atoms with Gasteiger partial charge in [-0.15, -0.1) is 11.3 Å². The first kappa shape index (κ1) is 18.6. The van der Waals surface area contributed by atoms with Crippen molar-refractivity contribution < 1.29 is 9.59 Å². The zero-order chi connectivity index (χ0) is 18.5. The van der Waals surface area contributed by atoms with Gasteiger partial charge in [0.2, 0.25) is 11.8 Å². The number of nitrogens with zero attached hydrogens (tertiary/aromatic N) is 5. The lowest BCUT2D eigenvalue weighted by Crippen LogP contribution is -2.40. The van der Waals surface area contributed by atoms with Crippen molar-refractivity contribution in [1.82, 2.24) is 24.3 Å². The van der Waals surface area contributed by atoms with Gasteiger partial charge in [-0.05, 0) is 12.8 Å². The number of hydrogen-bond donors (Lipinski definition) is 0. The highest BCUT2D eigenvalue weighted by Gasteiger charge is 2.27. The molecule has 2 amide bonds. The monoisotopic (exact) mass is 375 g/mol. The molecule has 140 valence electrons. The number of hydrogen-bond acceptors (Lipinski definition) is 5. The molecule has 0 bridgehead atoms. The molecule has 1 atom stereocenters. The van der Waals surface area contributed by atoms with Gasteiger partial charge in [-0.3, -0.25) is 9.59 Å². The predicted molar refractivity (Wildman–Crippen MR) is 99.9 cm³/mol. The van der Waals surface area contributed by atoms with E-state index < -0.39 is 0 Å². The van der Waals surface area contributed by atoms with Crippen LogP contribution in [0.15, 0.2) is 23.3 Å². The zero-order valence-corrected chi connectivity index (χ0v) is 16.1. The van der Waals surface area contributed by atoms with Crippen molar-refractivity contribution in [2.24, 2.45) is 0 Å². The summed E-state index contributed by atoms with van der Waals surface area (Å²) in [6.45, 7) is 2.14. The van der Waals surface area contributed by atoms with Crippen LogP contribution < -0.4 is 0 Å². The number of carbonyl (C=O) groups excluding carboxylic acids is 2. The van der Waals surface area contributed by atoms with E-state index in [0.717, 1.165) is 30.9 Å². The predicted octanol–water partition coefficient (Wildman–Crippen LogP) is 1.96. The van der Waals surface area contributed by atoms with E-state index >= 15 is 0 Å². The number of thiazole rings is 1. The number of carbonyl (C=O) groups is 2. The molecule has 1 aliphatic heterocycles. The third-order valence-electron chi connectivity index (χ3n) is 4.75. The molecule has 3 rings (SSSR count). The first-order chi connectivity index (χ1) is 12.5. The summed E-state index contributed by atoms with van der Waals surface area (Å²) in [5.41, 5.74) is 2.86. The molecule has 0 N–H and O–H groups in total. The van der Waals surface area contributed by atoms with E-state index in [4.69, 9.17) is 0 Å². The van der Waals surface area contributed by atoms with Crippen LogP contribution in [-0.2, 0) is 16.1 Å². The molecule has 0 unspecified atom stereocenters. The minimum absolute atomic E-state index is 0.00860. The van der Waals surface area contributed by atoms with Crippen molar-refractivity contribution in [2.75, 3.05) is 27.2 Å². The van der Waals surface area contributed by atoms with Crippen molar-refractivity contribution in [2.45, 2.75) is 38.1 Å². The number of piperidine rings is 1. The maximum Gasteiger partial charge on any atom is 0.223 e. The molecule has 0 saturated carbocycles. The van der Waals surface area contributed by atoms with Crippen LogP contribution in [0.4, 0.5) is 0 Å². The summed E-state index contributed by atoms with van der Waals surface area (Å²) in [5, 5.41) is 2.04. The molecule has 0 radical (unpaired) electrons. The zero-order valence-electron chi connectivity index (χ0n) is 15.3. The van der Waals surface area contributed by atoms with Gasteiger partial charge in [0.1, 0.15) is 5.82 Å². The fraction of sp³-hybridized carbons (Fsp3) is 0.556. The number of imidazole rings is 1. The summed E-state index contributed by atoms with van der Waals surface area (Å²) < 4.78 is 2.13. The number of amides is 2. The Bertz CT molecular complexity index is 741. The first-order valence-corrected chi connectivity index (χ1v) is 9.85. The highest BCUT2D eigenvalue weighted by Crippen LogP contribution is 2.27. The van der Waals surface area contributed by atoms with E-state index in [1.807, 2.05) is 28.2 Å². The fourth-order valence-electron chi connectivity index (χ4n) is 3.31. The lowest BCUT2D eigenvalue weighted by Gasteiger charge is -2.32. The van der Waals surface area contributed by atoms with Gasteiger partial charge in [0.25, 0.3) is 0 Å². The summed E-state index contributed by atoms with van der Waals surface area (Å²) in [6, 6.07) is 0. The smallest absolute Gasteiger partial charge is 0.223 e. The van der Waals surface area contributed by atoms with Crippen molar-refractivity contribution in [3.63, 3.8) is 0 Å². The summed E-state index contributed by atoms with van der Waals surface area (Å²) in [7, 11) is 3.43. The standard InChI is InChI=1S/C18H25N5O2S/c1-21(2)16(24)5-6-17(25)22-8-3-4-14(10-22)18-19-7-9-23(18)11-15-12-26-13-20-15/h7,9,12-14H,3-6,8,10-11H2,1-2H3/t14-/m0/s1. The van der Waals surface area contributed by atoms with Gasteiger partial charge in [0, 0.05) is 63.7 Å². The Balaban J connectivity index is 1.61. The van der Waals surface area contributed by atoms with Gasteiger partial charge in [0.15, 0.2) is 0 Å². The summed E-state index contributed by atoms with van der Waals surface area (Å²) >= 11 is 1.59. The lowest BCUT2D eigenvalue weighted by molar-refractivity contribution is -0.136. The second-order valence-corrected chi connectivity index (χ2v) is 7.58. The van der Waals surface area contributed by atoms with Crippen LogP contribution in [-0.4, -0.2) is 63.3 Å². The van der Waals surface area contributed by atoms with Gasteiger partial charge in [-0.25, -0.2) is 9.97 Å². The van der Waals surface area contributed by atoms with Crippen molar-refractivity contribution in [3.8, 4) is 0 Å².